The van der Waals surface area contributed by atoms with Crippen LogP contribution in [0.3, 0.4) is 0 Å². The lowest BCUT2D eigenvalue weighted by Crippen LogP contribution is -2.57. The van der Waals surface area contributed by atoms with Crippen LogP contribution in [0.1, 0.15) is 59.3 Å². The number of quaternary nitrogens is 1. The first kappa shape index (κ1) is 16.3. The van der Waals surface area contributed by atoms with Crippen LogP contribution in [0.15, 0.2) is 24.6 Å². The summed E-state index contributed by atoms with van der Waals surface area (Å²) in [6, 6.07) is 0. The van der Waals surface area contributed by atoms with Crippen LogP contribution in [0.5, 0.6) is 0 Å². The van der Waals surface area contributed by atoms with Gasteiger partial charge in [0.15, 0.2) is 12.4 Å². The number of nitrogens with zero attached hydrogens (tertiary/aromatic N) is 1. The molecule has 0 amide bonds. The average Bonchev–Trinajstić information content (AvgIpc) is 2.82. The lowest BCUT2D eigenvalue weighted by molar-refractivity contribution is -0.941. The maximum absolute atomic E-state index is 10.0. The van der Waals surface area contributed by atoms with E-state index < -0.39 is 0 Å². The molecule has 1 heterocycles. The molecule has 0 saturated heterocycles. The Bertz CT molecular complexity index is 299. The minimum atomic E-state index is -0.362. The highest BCUT2D eigenvalue weighted by atomic mass is 16.3. The number of nitrogens with one attached hydrogen (secondary N) is 1. The van der Waals surface area contributed by atoms with Gasteiger partial charge in [-0.1, -0.05) is 38.3 Å². The number of hydrogen-bond acceptors (Lipinski definition) is 2. The van der Waals surface area contributed by atoms with Gasteiger partial charge in [-0.3, -0.25) is 4.48 Å². The zero-order valence-corrected chi connectivity index (χ0v) is 12.8. The molecule has 0 aliphatic carbocycles. The van der Waals surface area contributed by atoms with E-state index in [-0.39, 0.29) is 12.4 Å². The van der Waals surface area contributed by atoms with Crippen LogP contribution in [0.25, 0.3) is 0 Å². The number of hydrogen-bond donors (Lipinski definition) is 2. The summed E-state index contributed by atoms with van der Waals surface area (Å²) in [5.41, 5.74) is 0. The third kappa shape index (κ3) is 4.36. The molecule has 0 fully saturated rings. The third-order valence-electron chi connectivity index (χ3n) is 4.21. The van der Waals surface area contributed by atoms with Gasteiger partial charge < -0.3 is 10.4 Å². The highest BCUT2D eigenvalue weighted by Crippen LogP contribution is 2.24. The van der Waals surface area contributed by atoms with Crippen LogP contribution < -0.4 is 5.32 Å². The molecule has 1 aliphatic rings. The van der Waals surface area contributed by atoms with Crippen molar-refractivity contribution in [2.45, 2.75) is 71.7 Å². The van der Waals surface area contributed by atoms with Gasteiger partial charge in [0.2, 0.25) is 0 Å². The molecule has 0 radical (unpaired) electrons. The Labute approximate surface area is 118 Å². The fourth-order valence-electron chi connectivity index (χ4n) is 2.81. The quantitative estimate of drug-likeness (QED) is 0.381. The molecule has 3 heteroatoms. The first-order chi connectivity index (χ1) is 9.17. The normalized spacial score (nSPS) is 27.9. The van der Waals surface area contributed by atoms with Gasteiger partial charge in [-0.05, 0) is 19.8 Å². The van der Waals surface area contributed by atoms with Crippen molar-refractivity contribution in [3.8, 4) is 0 Å². The first-order valence-corrected chi connectivity index (χ1v) is 7.81. The molecule has 3 nitrogen and oxygen atoms in total. The Morgan fingerprint density at radius 3 is 2.68 bits per heavy atom. The Hall–Kier alpha value is -0.800. The van der Waals surface area contributed by atoms with Crippen molar-refractivity contribution < 1.29 is 9.59 Å². The van der Waals surface area contributed by atoms with E-state index in [4.69, 9.17) is 0 Å². The van der Waals surface area contributed by atoms with Crippen molar-refractivity contribution in [1.82, 2.24) is 5.32 Å². The van der Waals surface area contributed by atoms with Crippen LogP contribution >= 0.6 is 0 Å². The Kier molecular flexibility index (Phi) is 7.17. The molecule has 2 N–H and O–H groups in total. The zero-order chi connectivity index (χ0) is 14.1. The highest BCUT2D eigenvalue weighted by molar-refractivity contribution is 4.91. The standard InChI is InChI=1S/C16H31N2O/c1-4-6-7-8-9-10-11-12-16-17-13-14-18(16,5-2)15(3)19/h10-11,13-17,19H,4-9,12H2,1-3H3/q+1/b11-10+. The van der Waals surface area contributed by atoms with Gasteiger partial charge in [-0.15, -0.1) is 0 Å². The predicted molar refractivity (Wildman–Crippen MR) is 81.1 cm³/mol. The Morgan fingerprint density at radius 1 is 1.26 bits per heavy atom. The summed E-state index contributed by atoms with van der Waals surface area (Å²) in [6.07, 6.45) is 16.0. The van der Waals surface area contributed by atoms with Crippen molar-refractivity contribution >= 4 is 0 Å². The minimum Gasteiger partial charge on any atom is -0.345 e. The number of rotatable bonds is 9. The Balaban J connectivity index is 2.34. The smallest absolute Gasteiger partial charge is 0.193 e. The van der Waals surface area contributed by atoms with Crippen molar-refractivity contribution in [3.63, 3.8) is 0 Å². The topological polar surface area (TPSA) is 32.3 Å². The van der Waals surface area contributed by atoms with Gasteiger partial charge in [0.1, 0.15) is 6.20 Å². The van der Waals surface area contributed by atoms with Gasteiger partial charge in [0.25, 0.3) is 0 Å². The monoisotopic (exact) mass is 267 g/mol. The van der Waals surface area contributed by atoms with E-state index in [0.717, 1.165) is 13.0 Å². The molecule has 1 aliphatic heterocycles. The molecule has 0 aromatic heterocycles. The average molecular weight is 267 g/mol. The van der Waals surface area contributed by atoms with Gasteiger partial charge >= 0.3 is 0 Å². The van der Waals surface area contributed by atoms with E-state index in [2.05, 4.69) is 37.5 Å². The van der Waals surface area contributed by atoms with E-state index in [1.54, 1.807) is 0 Å². The van der Waals surface area contributed by atoms with E-state index in [1.807, 2.05) is 13.1 Å². The SMILES string of the molecule is CCCCCC/C=C/CC1NC=C[N+]1(CC)C(C)O. The largest absolute Gasteiger partial charge is 0.345 e. The van der Waals surface area contributed by atoms with Crippen LogP contribution in [0, 0.1) is 0 Å². The molecule has 3 atom stereocenters. The van der Waals surface area contributed by atoms with Crippen LogP contribution in [-0.4, -0.2) is 28.5 Å². The van der Waals surface area contributed by atoms with Crippen molar-refractivity contribution in [1.29, 1.82) is 0 Å². The molecule has 110 valence electrons. The predicted octanol–water partition coefficient (Wildman–Crippen LogP) is 3.48. The summed E-state index contributed by atoms with van der Waals surface area (Å²) in [7, 11) is 0. The molecule has 0 aromatic rings. The molecular weight excluding hydrogens is 236 g/mol. The van der Waals surface area contributed by atoms with Gasteiger partial charge in [-0.25, -0.2) is 0 Å². The molecule has 3 unspecified atom stereocenters. The summed E-state index contributed by atoms with van der Waals surface area (Å²) >= 11 is 0. The second kappa shape index (κ2) is 8.39. The molecule has 0 saturated carbocycles. The maximum atomic E-state index is 10.0. The number of aliphatic hydroxyl groups excluding tert-OH is 1. The van der Waals surface area contributed by atoms with Crippen molar-refractivity contribution in [2.75, 3.05) is 6.54 Å². The fraction of sp³-hybridized carbons (Fsp3) is 0.750. The van der Waals surface area contributed by atoms with Gasteiger partial charge in [-0.2, -0.15) is 0 Å². The summed E-state index contributed by atoms with van der Waals surface area (Å²) < 4.78 is 0.625. The number of aliphatic hydroxyl groups is 1. The molecule has 19 heavy (non-hydrogen) atoms. The maximum Gasteiger partial charge on any atom is 0.193 e. The summed E-state index contributed by atoms with van der Waals surface area (Å²) in [4.78, 5) is 0. The molecule has 1 rings (SSSR count). The van der Waals surface area contributed by atoms with Crippen molar-refractivity contribution in [2.24, 2.45) is 0 Å². The summed E-state index contributed by atoms with van der Waals surface area (Å²) in [5, 5.41) is 13.4. The zero-order valence-electron chi connectivity index (χ0n) is 12.8. The molecule has 0 bridgehead atoms. The van der Waals surface area contributed by atoms with E-state index in [9.17, 15) is 5.11 Å². The second-order valence-corrected chi connectivity index (χ2v) is 5.50. The number of allylic oxidation sites excluding steroid dienone is 1. The van der Waals surface area contributed by atoms with E-state index in [0.29, 0.717) is 4.48 Å². The molecule has 0 aromatic carbocycles. The minimum absolute atomic E-state index is 0.275. The summed E-state index contributed by atoms with van der Waals surface area (Å²) in [6.45, 7) is 7.16. The van der Waals surface area contributed by atoms with E-state index >= 15 is 0 Å². The van der Waals surface area contributed by atoms with Gasteiger partial charge in [0, 0.05) is 13.3 Å². The van der Waals surface area contributed by atoms with Crippen LogP contribution in [0.4, 0.5) is 0 Å². The van der Waals surface area contributed by atoms with Crippen LogP contribution in [0.2, 0.25) is 0 Å². The van der Waals surface area contributed by atoms with Crippen molar-refractivity contribution in [3.05, 3.63) is 24.6 Å². The fourth-order valence-corrected chi connectivity index (χ4v) is 2.81. The van der Waals surface area contributed by atoms with Gasteiger partial charge in [0.05, 0.1) is 12.7 Å². The molecule has 0 spiro atoms. The lowest BCUT2D eigenvalue weighted by atomic mass is 10.1. The second-order valence-electron chi connectivity index (χ2n) is 5.50. The third-order valence-corrected chi connectivity index (χ3v) is 4.21. The molecular formula is C16H31N2O+. The summed E-state index contributed by atoms with van der Waals surface area (Å²) in [5.74, 6) is 0. The highest BCUT2D eigenvalue weighted by Gasteiger charge is 2.40. The van der Waals surface area contributed by atoms with E-state index in [1.165, 1.54) is 32.1 Å². The van der Waals surface area contributed by atoms with Crippen LogP contribution in [-0.2, 0) is 0 Å². The number of unbranched alkanes of at least 4 members (excludes halogenated alkanes) is 4. The first-order valence-electron chi connectivity index (χ1n) is 7.81. The Morgan fingerprint density at radius 2 is 2.05 bits per heavy atom. The lowest BCUT2D eigenvalue weighted by Gasteiger charge is -2.38.